The Labute approximate surface area is 160 Å². The van der Waals surface area contributed by atoms with Gasteiger partial charge in [0.1, 0.15) is 5.03 Å². The molecule has 0 unspecified atom stereocenters. The molecule has 1 aliphatic rings. The van der Waals surface area contributed by atoms with Crippen molar-refractivity contribution in [1.82, 2.24) is 4.90 Å². The number of hydrogen-bond donors (Lipinski definition) is 1. The number of hydrogen-bond acceptors (Lipinski definition) is 3. The van der Waals surface area contributed by atoms with Crippen molar-refractivity contribution in [3.05, 3.63) is 69.7 Å². The molecule has 0 saturated heterocycles. The number of carbonyl (C=O) groups excluding carboxylic acids is 3. The first kappa shape index (κ1) is 18.2. The molecule has 2 aromatic rings. The monoisotopic (exact) mass is 388 g/mol. The van der Waals surface area contributed by atoms with E-state index in [4.69, 9.17) is 23.2 Å². The van der Waals surface area contributed by atoms with Gasteiger partial charge >= 0.3 is 0 Å². The minimum Gasteiger partial charge on any atom is -0.326 e. The van der Waals surface area contributed by atoms with E-state index in [0.29, 0.717) is 16.3 Å². The van der Waals surface area contributed by atoms with Crippen LogP contribution in [0.1, 0.15) is 18.1 Å². The third-order valence-corrected chi connectivity index (χ3v) is 4.46. The fourth-order valence-electron chi connectivity index (χ4n) is 2.64. The Morgan fingerprint density at radius 3 is 2.15 bits per heavy atom. The number of carbonyl (C=O) groups is 3. The Hall–Kier alpha value is -2.63. The number of nitrogens with zero attached hydrogens (tertiary/aromatic N) is 1. The molecule has 0 saturated carbocycles. The lowest BCUT2D eigenvalue weighted by atomic mass is 10.1. The average molecular weight is 389 g/mol. The molecule has 0 spiro atoms. The summed E-state index contributed by atoms with van der Waals surface area (Å²) in [7, 11) is 0. The van der Waals surface area contributed by atoms with Crippen LogP contribution in [0.3, 0.4) is 0 Å². The molecular weight excluding hydrogens is 375 g/mol. The van der Waals surface area contributed by atoms with Gasteiger partial charge < -0.3 is 5.32 Å². The zero-order chi connectivity index (χ0) is 18.8. The summed E-state index contributed by atoms with van der Waals surface area (Å²) in [6, 6.07) is 13.5. The summed E-state index contributed by atoms with van der Waals surface area (Å²) in [4.78, 5) is 37.3. The van der Waals surface area contributed by atoms with Crippen molar-refractivity contribution in [1.29, 1.82) is 0 Å². The topological polar surface area (TPSA) is 66.5 Å². The zero-order valence-electron chi connectivity index (χ0n) is 13.8. The first-order valence-electron chi connectivity index (χ1n) is 7.75. The van der Waals surface area contributed by atoms with Crippen LogP contribution in [0.5, 0.6) is 0 Å². The summed E-state index contributed by atoms with van der Waals surface area (Å²) in [5.41, 5.74) is 2.02. The second-order valence-corrected chi connectivity index (χ2v) is 6.58. The van der Waals surface area contributed by atoms with Crippen molar-refractivity contribution in [3.63, 3.8) is 0 Å². The maximum Gasteiger partial charge on any atom is 0.273 e. The number of halogens is 2. The second-order valence-electron chi connectivity index (χ2n) is 5.77. The molecule has 0 radical (unpaired) electrons. The van der Waals surface area contributed by atoms with Crippen LogP contribution in [0.25, 0.3) is 5.57 Å². The predicted octanol–water partition coefficient (Wildman–Crippen LogP) is 3.82. The molecule has 26 heavy (non-hydrogen) atoms. The van der Waals surface area contributed by atoms with Crippen molar-refractivity contribution in [2.45, 2.75) is 13.5 Å². The van der Waals surface area contributed by atoms with Crippen molar-refractivity contribution >= 4 is 52.2 Å². The fraction of sp³-hybridized carbons (Fsp3) is 0.105. The van der Waals surface area contributed by atoms with Crippen LogP contribution >= 0.6 is 23.2 Å². The van der Waals surface area contributed by atoms with Gasteiger partial charge in [-0.1, -0.05) is 47.5 Å². The smallest absolute Gasteiger partial charge is 0.273 e. The van der Waals surface area contributed by atoms with E-state index < -0.39 is 11.8 Å². The number of amides is 3. The van der Waals surface area contributed by atoms with E-state index in [9.17, 15) is 14.4 Å². The number of rotatable bonds is 4. The highest BCUT2D eigenvalue weighted by Crippen LogP contribution is 2.33. The number of benzene rings is 2. The van der Waals surface area contributed by atoms with E-state index in [1.54, 1.807) is 48.5 Å². The molecule has 0 aliphatic carbocycles. The van der Waals surface area contributed by atoms with Crippen molar-refractivity contribution in [2.75, 3.05) is 5.32 Å². The fourth-order valence-corrected chi connectivity index (χ4v) is 3.05. The predicted molar refractivity (Wildman–Crippen MR) is 101 cm³/mol. The Kier molecular flexibility index (Phi) is 5.11. The molecule has 5 nitrogen and oxygen atoms in total. The molecule has 0 atom stereocenters. The average Bonchev–Trinajstić information content (AvgIpc) is 2.81. The molecule has 3 amide bonds. The van der Waals surface area contributed by atoms with Crippen LogP contribution in [-0.4, -0.2) is 22.6 Å². The van der Waals surface area contributed by atoms with E-state index in [1.807, 2.05) is 0 Å². The van der Waals surface area contributed by atoms with Crippen LogP contribution in [0.2, 0.25) is 5.02 Å². The van der Waals surface area contributed by atoms with Gasteiger partial charge in [0.2, 0.25) is 5.91 Å². The quantitative estimate of drug-likeness (QED) is 0.809. The Bertz CT molecular complexity index is 919. The number of nitrogens with one attached hydrogen (secondary N) is 1. The first-order valence-corrected chi connectivity index (χ1v) is 8.51. The van der Waals surface area contributed by atoms with Gasteiger partial charge in [0.05, 0.1) is 12.1 Å². The largest absolute Gasteiger partial charge is 0.326 e. The molecule has 1 heterocycles. The molecular formula is C19H14Cl2N2O3. The van der Waals surface area contributed by atoms with Crippen LogP contribution < -0.4 is 5.32 Å². The maximum atomic E-state index is 12.7. The highest BCUT2D eigenvalue weighted by atomic mass is 35.5. The molecule has 0 fully saturated rings. The SMILES string of the molecule is CC(=O)Nc1ccc(C2=C(Cl)C(=O)N(Cc3ccc(Cl)cc3)C2=O)cc1. The third-order valence-electron chi connectivity index (χ3n) is 3.86. The minimum absolute atomic E-state index is 0.110. The van der Waals surface area contributed by atoms with Gasteiger partial charge in [-0.2, -0.15) is 0 Å². The number of anilines is 1. The van der Waals surface area contributed by atoms with Gasteiger partial charge in [-0.05, 0) is 35.4 Å². The van der Waals surface area contributed by atoms with Gasteiger partial charge in [0.25, 0.3) is 11.8 Å². The van der Waals surface area contributed by atoms with E-state index in [2.05, 4.69) is 5.32 Å². The van der Waals surface area contributed by atoms with Crippen LogP contribution in [-0.2, 0) is 20.9 Å². The normalized spacial score (nSPS) is 14.2. The van der Waals surface area contributed by atoms with Crippen molar-refractivity contribution < 1.29 is 14.4 Å². The Balaban J connectivity index is 1.84. The molecule has 2 aromatic carbocycles. The summed E-state index contributed by atoms with van der Waals surface area (Å²) in [6.07, 6.45) is 0. The summed E-state index contributed by atoms with van der Waals surface area (Å²) in [5, 5.41) is 3.10. The summed E-state index contributed by atoms with van der Waals surface area (Å²) in [5.74, 6) is -1.19. The van der Waals surface area contributed by atoms with E-state index in [-0.39, 0.29) is 23.1 Å². The lowest BCUT2D eigenvalue weighted by Gasteiger charge is -2.15. The van der Waals surface area contributed by atoms with E-state index >= 15 is 0 Å². The highest BCUT2D eigenvalue weighted by molar-refractivity contribution is 6.55. The highest BCUT2D eigenvalue weighted by Gasteiger charge is 2.38. The van der Waals surface area contributed by atoms with Crippen molar-refractivity contribution in [2.24, 2.45) is 0 Å². The second kappa shape index (κ2) is 7.32. The van der Waals surface area contributed by atoms with Crippen LogP contribution in [0.4, 0.5) is 5.69 Å². The van der Waals surface area contributed by atoms with Crippen LogP contribution in [0, 0.1) is 0 Å². The van der Waals surface area contributed by atoms with Gasteiger partial charge in [-0.25, -0.2) is 0 Å². The van der Waals surface area contributed by atoms with Gasteiger partial charge in [-0.15, -0.1) is 0 Å². The van der Waals surface area contributed by atoms with Gasteiger partial charge in [0.15, 0.2) is 0 Å². The Morgan fingerprint density at radius 1 is 0.962 bits per heavy atom. The summed E-state index contributed by atoms with van der Waals surface area (Å²) >= 11 is 12.0. The van der Waals surface area contributed by atoms with Crippen LogP contribution in [0.15, 0.2) is 53.6 Å². The summed E-state index contributed by atoms with van der Waals surface area (Å²) in [6.45, 7) is 1.51. The lowest BCUT2D eigenvalue weighted by Crippen LogP contribution is -2.30. The number of imide groups is 1. The van der Waals surface area contributed by atoms with E-state index in [0.717, 1.165) is 10.5 Å². The first-order chi connectivity index (χ1) is 12.4. The third kappa shape index (κ3) is 3.64. The minimum atomic E-state index is -0.535. The van der Waals surface area contributed by atoms with Gasteiger partial charge in [-0.3, -0.25) is 19.3 Å². The zero-order valence-corrected chi connectivity index (χ0v) is 15.3. The lowest BCUT2D eigenvalue weighted by molar-refractivity contribution is -0.137. The molecule has 1 aliphatic heterocycles. The van der Waals surface area contributed by atoms with Crippen molar-refractivity contribution in [3.8, 4) is 0 Å². The maximum absolute atomic E-state index is 12.7. The molecule has 3 rings (SSSR count). The van der Waals surface area contributed by atoms with Gasteiger partial charge in [0, 0.05) is 17.6 Å². The molecule has 7 heteroatoms. The molecule has 0 aromatic heterocycles. The standard InChI is InChI=1S/C19H14Cl2N2O3/c1-11(24)22-15-8-4-13(5-9-15)16-17(21)19(26)23(18(16)25)10-12-2-6-14(20)7-3-12/h2-9H,10H2,1H3,(H,22,24). The molecule has 132 valence electrons. The Morgan fingerprint density at radius 2 is 1.58 bits per heavy atom. The van der Waals surface area contributed by atoms with E-state index in [1.165, 1.54) is 6.92 Å². The molecule has 0 bridgehead atoms. The molecule has 1 N–H and O–H groups in total. The summed E-state index contributed by atoms with van der Waals surface area (Å²) < 4.78 is 0.